The van der Waals surface area contributed by atoms with Crippen LogP contribution in [0.2, 0.25) is 0 Å². The van der Waals surface area contributed by atoms with Crippen LogP contribution < -0.4 is 0 Å². The van der Waals surface area contributed by atoms with Crippen LogP contribution in [-0.2, 0) is 4.79 Å². The van der Waals surface area contributed by atoms with Gasteiger partial charge in [0.15, 0.2) is 0 Å². The zero-order valence-electron chi connectivity index (χ0n) is 9.84. The van der Waals surface area contributed by atoms with E-state index in [0.29, 0.717) is 16.9 Å². The summed E-state index contributed by atoms with van der Waals surface area (Å²) in [7, 11) is 0. The van der Waals surface area contributed by atoms with Gasteiger partial charge in [0.1, 0.15) is 0 Å². The van der Waals surface area contributed by atoms with Crippen molar-refractivity contribution < 1.29 is 9.90 Å². The number of aliphatic carboxylic acids is 1. The zero-order valence-corrected chi connectivity index (χ0v) is 9.84. The molecule has 0 heterocycles. The molecule has 2 heteroatoms. The fourth-order valence-electron chi connectivity index (χ4n) is 3.67. The van der Waals surface area contributed by atoms with Gasteiger partial charge in [-0.3, -0.25) is 0 Å². The Balaban J connectivity index is 2.32. The molecule has 2 atom stereocenters. The van der Waals surface area contributed by atoms with E-state index in [1.54, 1.807) is 0 Å². The van der Waals surface area contributed by atoms with Crippen LogP contribution in [-0.4, -0.2) is 11.1 Å². The van der Waals surface area contributed by atoms with E-state index in [-0.39, 0.29) is 5.41 Å². The monoisotopic (exact) mass is 208 g/mol. The maximum absolute atomic E-state index is 11.0. The molecule has 0 spiro atoms. The predicted octanol–water partition coefficient (Wildman–Crippen LogP) is 3.23. The van der Waals surface area contributed by atoms with Crippen molar-refractivity contribution >= 4 is 5.97 Å². The zero-order chi connectivity index (χ0) is 11.3. The standard InChI is InChI=1S/C13H20O2/c1-12(2)5-4-6-13(3)8-9(11(14)15)7-10(12)13/h8,10H,4-7H2,1-3H3,(H,14,15)/t10-,13-/m0/s1. The van der Waals surface area contributed by atoms with E-state index in [9.17, 15) is 4.79 Å². The highest BCUT2D eigenvalue weighted by Gasteiger charge is 2.49. The lowest BCUT2D eigenvalue weighted by molar-refractivity contribution is -0.132. The molecule has 2 aliphatic rings. The summed E-state index contributed by atoms with van der Waals surface area (Å²) >= 11 is 0. The van der Waals surface area contributed by atoms with Crippen LogP contribution in [0, 0.1) is 16.7 Å². The molecule has 1 N–H and O–H groups in total. The van der Waals surface area contributed by atoms with Gasteiger partial charge in [-0.1, -0.05) is 33.3 Å². The lowest BCUT2D eigenvalue weighted by Gasteiger charge is -2.47. The Bertz CT molecular complexity index is 327. The molecule has 1 fully saturated rings. The van der Waals surface area contributed by atoms with E-state index in [0.717, 1.165) is 12.8 Å². The largest absolute Gasteiger partial charge is 0.478 e. The third kappa shape index (κ3) is 1.60. The Morgan fingerprint density at radius 1 is 1.40 bits per heavy atom. The minimum atomic E-state index is -0.721. The Morgan fingerprint density at radius 3 is 2.60 bits per heavy atom. The maximum atomic E-state index is 11.0. The second-order valence-corrected chi connectivity index (χ2v) is 6.08. The number of rotatable bonds is 1. The third-order valence-corrected chi connectivity index (χ3v) is 4.48. The lowest BCUT2D eigenvalue weighted by atomic mass is 9.58. The Kier molecular flexibility index (Phi) is 2.21. The summed E-state index contributed by atoms with van der Waals surface area (Å²) < 4.78 is 0. The van der Waals surface area contributed by atoms with E-state index in [2.05, 4.69) is 20.8 Å². The van der Waals surface area contributed by atoms with Crippen molar-refractivity contribution in [2.24, 2.45) is 16.7 Å². The van der Waals surface area contributed by atoms with Crippen molar-refractivity contribution in [2.45, 2.75) is 46.5 Å². The number of carboxylic acid groups (broad SMARTS) is 1. The molecule has 2 rings (SSSR count). The molecule has 2 aliphatic carbocycles. The molecule has 2 nitrogen and oxygen atoms in total. The van der Waals surface area contributed by atoms with Gasteiger partial charge < -0.3 is 5.11 Å². The smallest absolute Gasteiger partial charge is 0.331 e. The van der Waals surface area contributed by atoms with Crippen LogP contribution in [0.25, 0.3) is 0 Å². The quantitative estimate of drug-likeness (QED) is 0.718. The molecule has 15 heavy (non-hydrogen) atoms. The highest BCUT2D eigenvalue weighted by Crippen LogP contribution is 2.57. The summed E-state index contributed by atoms with van der Waals surface area (Å²) in [6.07, 6.45) is 6.40. The van der Waals surface area contributed by atoms with Gasteiger partial charge in [0, 0.05) is 5.57 Å². The molecule has 0 aromatic carbocycles. The molecule has 0 unspecified atom stereocenters. The topological polar surface area (TPSA) is 37.3 Å². The fraction of sp³-hybridized carbons (Fsp3) is 0.769. The van der Waals surface area contributed by atoms with Crippen LogP contribution in [0.15, 0.2) is 11.6 Å². The summed E-state index contributed by atoms with van der Waals surface area (Å²) in [5, 5.41) is 9.08. The average Bonchev–Trinajstić information content (AvgIpc) is 2.43. The van der Waals surface area contributed by atoms with E-state index >= 15 is 0 Å². The van der Waals surface area contributed by atoms with Crippen LogP contribution in [0.4, 0.5) is 0 Å². The van der Waals surface area contributed by atoms with Gasteiger partial charge >= 0.3 is 5.97 Å². The second kappa shape index (κ2) is 3.10. The highest BCUT2D eigenvalue weighted by molar-refractivity contribution is 5.87. The van der Waals surface area contributed by atoms with Crippen LogP contribution in [0.5, 0.6) is 0 Å². The predicted molar refractivity (Wildman–Crippen MR) is 59.6 cm³/mol. The third-order valence-electron chi connectivity index (χ3n) is 4.48. The molecule has 0 aliphatic heterocycles. The summed E-state index contributed by atoms with van der Waals surface area (Å²) in [4.78, 5) is 11.0. The van der Waals surface area contributed by atoms with Crippen molar-refractivity contribution in [1.29, 1.82) is 0 Å². The lowest BCUT2D eigenvalue weighted by Crippen LogP contribution is -2.38. The Hall–Kier alpha value is -0.790. The number of allylic oxidation sites excluding steroid dienone is 1. The SMILES string of the molecule is CC1(C)CCC[C@@]2(C)C=C(C(=O)O)C[C@@H]12. The van der Waals surface area contributed by atoms with Gasteiger partial charge in [-0.05, 0) is 36.0 Å². The number of fused-ring (bicyclic) bond motifs is 1. The maximum Gasteiger partial charge on any atom is 0.331 e. The number of hydrogen-bond acceptors (Lipinski definition) is 1. The molecule has 84 valence electrons. The molecule has 0 aromatic heterocycles. The summed E-state index contributed by atoms with van der Waals surface area (Å²) in [6, 6.07) is 0. The van der Waals surface area contributed by atoms with E-state index < -0.39 is 5.97 Å². The van der Waals surface area contributed by atoms with Crippen molar-refractivity contribution in [3.63, 3.8) is 0 Å². The Morgan fingerprint density at radius 2 is 2.07 bits per heavy atom. The van der Waals surface area contributed by atoms with Crippen LogP contribution >= 0.6 is 0 Å². The number of hydrogen-bond donors (Lipinski definition) is 1. The van der Waals surface area contributed by atoms with Crippen molar-refractivity contribution in [3.8, 4) is 0 Å². The highest BCUT2D eigenvalue weighted by atomic mass is 16.4. The first-order valence-electron chi connectivity index (χ1n) is 5.80. The Labute approximate surface area is 91.4 Å². The summed E-state index contributed by atoms with van der Waals surface area (Å²) in [5.74, 6) is -0.203. The molecule has 0 aromatic rings. The van der Waals surface area contributed by atoms with E-state index in [1.165, 1.54) is 12.8 Å². The molecule has 0 amide bonds. The van der Waals surface area contributed by atoms with E-state index in [4.69, 9.17) is 5.11 Å². The first kappa shape index (κ1) is 10.7. The van der Waals surface area contributed by atoms with Gasteiger partial charge in [-0.15, -0.1) is 0 Å². The van der Waals surface area contributed by atoms with Gasteiger partial charge in [0.25, 0.3) is 0 Å². The molecule has 0 saturated heterocycles. The van der Waals surface area contributed by atoms with Crippen LogP contribution in [0.3, 0.4) is 0 Å². The van der Waals surface area contributed by atoms with Crippen molar-refractivity contribution in [2.75, 3.05) is 0 Å². The minimum Gasteiger partial charge on any atom is -0.478 e. The summed E-state index contributed by atoms with van der Waals surface area (Å²) in [5.41, 5.74) is 1.06. The fourth-order valence-corrected chi connectivity index (χ4v) is 3.67. The molecule has 1 saturated carbocycles. The van der Waals surface area contributed by atoms with Gasteiger partial charge in [0.2, 0.25) is 0 Å². The first-order chi connectivity index (χ1) is 6.85. The summed E-state index contributed by atoms with van der Waals surface area (Å²) in [6.45, 7) is 6.80. The van der Waals surface area contributed by atoms with Gasteiger partial charge in [0.05, 0.1) is 0 Å². The van der Waals surface area contributed by atoms with Crippen molar-refractivity contribution in [1.82, 2.24) is 0 Å². The normalized spacial score (nSPS) is 38.3. The number of carbonyl (C=O) groups is 1. The van der Waals surface area contributed by atoms with Crippen LogP contribution in [0.1, 0.15) is 46.5 Å². The molecular weight excluding hydrogens is 188 g/mol. The molecule has 0 radical (unpaired) electrons. The van der Waals surface area contributed by atoms with Gasteiger partial charge in [-0.25, -0.2) is 4.79 Å². The molecular formula is C13H20O2. The second-order valence-electron chi connectivity index (χ2n) is 6.08. The first-order valence-corrected chi connectivity index (χ1v) is 5.80. The van der Waals surface area contributed by atoms with Crippen molar-refractivity contribution in [3.05, 3.63) is 11.6 Å². The molecule has 0 bridgehead atoms. The minimum absolute atomic E-state index is 0.134. The van der Waals surface area contributed by atoms with Gasteiger partial charge in [-0.2, -0.15) is 0 Å². The number of carboxylic acids is 1. The van der Waals surface area contributed by atoms with E-state index in [1.807, 2.05) is 6.08 Å². The average molecular weight is 208 g/mol.